The molecule has 6 aromatic rings. The first-order chi connectivity index (χ1) is 24.9. The third-order valence-electron chi connectivity index (χ3n) is 10.0. The molecule has 1 aromatic heterocycles. The van der Waals surface area contributed by atoms with Crippen molar-refractivity contribution < 1.29 is 23.0 Å². The van der Waals surface area contributed by atoms with Gasteiger partial charge in [-0.15, -0.1) is 0 Å². The van der Waals surface area contributed by atoms with Gasteiger partial charge in [0, 0.05) is 47.2 Å². The largest absolute Gasteiger partial charge is 0.493 e. The van der Waals surface area contributed by atoms with Crippen molar-refractivity contribution >= 4 is 39.6 Å². The van der Waals surface area contributed by atoms with Crippen molar-refractivity contribution in [2.45, 2.75) is 38.3 Å². The predicted octanol–water partition coefficient (Wildman–Crippen LogP) is 10.2. The molecule has 8 rings (SSSR count). The van der Waals surface area contributed by atoms with Gasteiger partial charge in [0.25, 0.3) is 5.91 Å². The molecule has 5 aromatic carbocycles. The smallest absolute Gasteiger partial charge is 0.256 e. The van der Waals surface area contributed by atoms with Crippen LogP contribution in [0.4, 0.5) is 14.5 Å². The summed E-state index contributed by atoms with van der Waals surface area (Å²) in [5.41, 5.74) is 8.13. The van der Waals surface area contributed by atoms with Crippen LogP contribution in [0.3, 0.4) is 0 Å². The number of ether oxygens (including phenoxy) is 2. The number of methoxy groups -OCH3 is 1. The van der Waals surface area contributed by atoms with E-state index >= 15 is 0 Å². The lowest BCUT2D eigenvalue weighted by molar-refractivity contribution is 0.0774. The third kappa shape index (κ3) is 6.27. The highest BCUT2D eigenvalue weighted by atomic mass is 19.1. The summed E-state index contributed by atoms with van der Waals surface area (Å²) in [7, 11) is 1.57. The molecule has 51 heavy (non-hydrogen) atoms. The van der Waals surface area contributed by atoms with Crippen LogP contribution in [0, 0.1) is 11.6 Å². The number of amides is 1. The number of carbonyl (C=O) groups is 1. The van der Waals surface area contributed by atoms with E-state index < -0.39 is 0 Å². The Hall–Kier alpha value is -5.76. The molecular weight excluding hydrogens is 644 g/mol. The minimum absolute atomic E-state index is 0.0253. The Labute approximate surface area is 295 Å². The van der Waals surface area contributed by atoms with Gasteiger partial charge in [0.05, 0.1) is 24.4 Å². The van der Waals surface area contributed by atoms with Crippen LogP contribution >= 0.6 is 0 Å². The molecule has 6 nitrogen and oxygen atoms in total. The summed E-state index contributed by atoms with van der Waals surface area (Å²) in [5, 5.41) is 2.18. The van der Waals surface area contributed by atoms with Crippen LogP contribution in [0.1, 0.15) is 36.0 Å². The van der Waals surface area contributed by atoms with E-state index in [0.29, 0.717) is 29.4 Å². The lowest BCUT2D eigenvalue weighted by atomic mass is 10.0. The first-order valence-electron chi connectivity index (χ1n) is 17.3. The third-order valence-corrected chi connectivity index (χ3v) is 10.0. The van der Waals surface area contributed by atoms with E-state index in [4.69, 9.17) is 9.47 Å². The van der Waals surface area contributed by atoms with E-state index in [1.54, 1.807) is 43.5 Å². The number of hydrogen-bond donors (Lipinski definition) is 0. The fourth-order valence-electron chi connectivity index (χ4n) is 7.35. The molecular formula is C43H37F2N3O3. The number of carbonyl (C=O) groups excluding carboxylic acids is 1. The van der Waals surface area contributed by atoms with Crippen molar-refractivity contribution in [3.05, 3.63) is 126 Å². The number of rotatable bonds is 10. The van der Waals surface area contributed by atoms with Crippen molar-refractivity contribution in [1.82, 2.24) is 9.47 Å². The summed E-state index contributed by atoms with van der Waals surface area (Å²) >= 11 is 0. The average Bonchev–Trinajstić information content (AvgIpc) is 3.72. The molecule has 8 heteroatoms. The Balaban J connectivity index is 1.02. The summed E-state index contributed by atoms with van der Waals surface area (Å²) < 4.78 is 41.6. The van der Waals surface area contributed by atoms with E-state index in [9.17, 15) is 13.6 Å². The fourth-order valence-corrected chi connectivity index (χ4v) is 7.35. The van der Waals surface area contributed by atoms with E-state index in [-0.39, 0.29) is 23.6 Å². The van der Waals surface area contributed by atoms with Gasteiger partial charge in [0.15, 0.2) is 11.5 Å². The van der Waals surface area contributed by atoms with Crippen LogP contribution in [0.15, 0.2) is 114 Å². The molecule has 0 unspecified atom stereocenters. The van der Waals surface area contributed by atoms with Gasteiger partial charge in [-0.05, 0) is 108 Å². The maximum absolute atomic E-state index is 13.7. The lowest BCUT2D eigenvalue weighted by Crippen LogP contribution is -2.35. The number of nitrogens with zero attached hydrogens (tertiary/aromatic N) is 3. The highest BCUT2D eigenvalue weighted by Crippen LogP contribution is 2.39. The van der Waals surface area contributed by atoms with Crippen LogP contribution in [0.5, 0.6) is 11.5 Å². The van der Waals surface area contributed by atoms with Crippen molar-refractivity contribution in [1.29, 1.82) is 0 Å². The molecule has 0 radical (unpaired) electrons. The number of fused-ring (bicyclic) bond motifs is 5. The van der Waals surface area contributed by atoms with Gasteiger partial charge in [-0.1, -0.05) is 43.0 Å². The molecule has 1 atom stereocenters. The van der Waals surface area contributed by atoms with Crippen LogP contribution in [-0.4, -0.2) is 47.9 Å². The first kappa shape index (κ1) is 32.4. The Bertz CT molecular complexity index is 2220. The normalized spacial score (nSPS) is 15.2. The zero-order valence-electron chi connectivity index (χ0n) is 28.4. The van der Waals surface area contributed by atoms with Crippen LogP contribution in [-0.2, 0) is 6.54 Å². The van der Waals surface area contributed by atoms with Crippen LogP contribution < -0.4 is 9.47 Å². The highest BCUT2D eigenvalue weighted by molar-refractivity contribution is 6.10. The second-order valence-corrected chi connectivity index (χ2v) is 13.3. The molecule has 3 heterocycles. The van der Waals surface area contributed by atoms with Crippen molar-refractivity contribution in [3.8, 4) is 33.8 Å². The quantitative estimate of drug-likeness (QED) is 0.135. The minimum Gasteiger partial charge on any atom is -0.493 e. The number of halogens is 2. The zero-order chi connectivity index (χ0) is 35.1. The summed E-state index contributed by atoms with van der Waals surface area (Å²) in [5.74, 6) is 0.461. The summed E-state index contributed by atoms with van der Waals surface area (Å²) in [6.07, 6.45) is 5.34. The Morgan fingerprint density at radius 2 is 1.43 bits per heavy atom. The van der Waals surface area contributed by atoms with Crippen molar-refractivity contribution in [2.75, 3.05) is 20.3 Å². The highest BCUT2D eigenvalue weighted by Gasteiger charge is 2.32. The number of hydrogen-bond acceptors (Lipinski definition) is 4. The van der Waals surface area contributed by atoms with Gasteiger partial charge >= 0.3 is 0 Å². The van der Waals surface area contributed by atoms with E-state index in [1.807, 2.05) is 11.1 Å². The summed E-state index contributed by atoms with van der Waals surface area (Å²) in [6, 6.07) is 29.4. The number of aryl methyl sites for hydroxylation is 1. The Morgan fingerprint density at radius 1 is 0.824 bits per heavy atom. The summed E-state index contributed by atoms with van der Waals surface area (Å²) in [6.45, 7) is 6.09. The standard InChI is InChI=1S/C43H37F2N3O3/c1-27(26-51-42-24-38-37(23-41(42)50-2)43(49)47-19-4-6-34(47)25-46-38)5-3-20-48-39-17-11-30(28-7-13-32(44)14-8-28)21-35(39)36-22-31(12-18-40(36)48)29-9-15-33(45)16-10-29/h7-18,21-25,34H,1,3-6,19-20,26H2,2H3/t34-/m0/s1. The minimum atomic E-state index is -0.268. The Kier molecular flexibility index (Phi) is 8.60. The number of aromatic nitrogens is 1. The molecule has 1 saturated heterocycles. The van der Waals surface area contributed by atoms with Gasteiger partial charge in [0.1, 0.15) is 18.2 Å². The average molecular weight is 682 g/mol. The predicted molar refractivity (Wildman–Crippen MR) is 199 cm³/mol. The van der Waals surface area contributed by atoms with Crippen molar-refractivity contribution in [3.63, 3.8) is 0 Å². The maximum Gasteiger partial charge on any atom is 0.256 e. The fraction of sp³-hybridized carbons (Fsp3) is 0.209. The zero-order valence-corrected chi connectivity index (χ0v) is 28.4. The van der Waals surface area contributed by atoms with Gasteiger partial charge in [-0.2, -0.15) is 0 Å². The monoisotopic (exact) mass is 681 g/mol. The molecule has 0 spiro atoms. The molecule has 0 saturated carbocycles. The summed E-state index contributed by atoms with van der Waals surface area (Å²) in [4.78, 5) is 19.8. The van der Waals surface area contributed by atoms with E-state index in [0.717, 1.165) is 88.4 Å². The SMILES string of the molecule is C=C(CCCn1c2ccc(-c3ccc(F)cc3)cc2c2cc(-c3ccc(F)cc3)ccc21)COc1cc2c(cc1OC)C(=O)N1CCC[C@H]1C=N2. The molecule has 1 fully saturated rings. The van der Waals surface area contributed by atoms with Crippen molar-refractivity contribution in [2.24, 2.45) is 4.99 Å². The van der Waals surface area contributed by atoms with Crippen LogP contribution in [0.25, 0.3) is 44.1 Å². The van der Waals surface area contributed by atoms with E-state index in [2.05, 4.69) is 52.5 Å². The lowest BCUT2D eigenvalue weighted by Gasteiger charge is -2.20. The molecule has 0 bridgehead atoms. The molecule has 0 aliphatic carbocycles. The van der Waals surface area contributed by atoms with Gasteiger partial charge in [0.2, 0.25) is 0 Å². The number of aliphatic imine (C=N–C) groups is 1. The van der Waals surface area contributed by atoms with Gasteiger partial charge in [-0.25, -0.2) is 8.78 Å². The second kappa shape index (κ2) is 13.5. The maximum atomic E-state index is 13.7. The molecule has 2 aliphatic rings. The molecule has 1 amide bonds. The first-order valence-corrected chi connectivity index (χ1v) is 17.3. The number of benzene rings is 5. The van der Waals surface area contributed by atoms with Gasteiger partial charge < -0.3 is 18.9 Å². The molecule has 0 N–H and O–H groups in total. The van der Waals surface area contributed by atoms with Crippen LogP contribution in [0.2, 0.25) is 0 Å². The molecule has 2 aliphatic heterocycles. The van der Waals surface area contributed by atoms with Gasteiger partial charge in [-0.3, -0.25) is 9.79 Å². The molecule has 256 valence electrons. The topological polar surface area (TPSA) is 56.1 Å². The van der Waals surface area contributed by atoms with E-state index in [1.165, 1.54) is 24.3 Å². The Morgan fingerprint density at radius 3 is 2.04 bits per heavy atom. The second-order valence-electron chi connectivity index (χ2n) is 13.3.